The van der Waals surface area contributed by atoms with Gasteiger partial charge in [0.2, 0.25) is 15.9 Å². The second-order valence-electron chi connectivity index (χ2n) is 6.64. The van der Waals surface area contributed by atoms with Crippen LogP contribution in [0.5, 0.6) is 5.88 Å². The van der Waals surface area contributed by atoms with E-state index in [2.05, 4.69) is 9.97 Å². The monoisotopic (exact) mass is 469 g/mol. The molecule has 0 saturated heterocycles. The van der Waals surface area contributed by atoms with Gasteiger partial charge < -0.3 is 9.84 Å². The number of aromatic nitrogens is 2. The van der Waals surface area contributed by atoms with Crippen LogP contribution in [-0.4, -0.2) is 48.2 Å². The third-order valence-electron chi connectivity index (χ3n) is 4.25. The SMILES string of the molecule is CCCS(=O)(=O)Nc1cc(F)c(F)c(C(=O)c2ccc3ncc(OCCO)nc3c2)c1F. The lowest BCUT2D eigenvalue weighted by molar-refractivity contribution is 0.103. The summed E-state index contributed by atoms with van der Waals surface area (Å²) in [5, 5.41) is 8.82. The molecule has 0 aliphatic heterocycles. The molecule has 0 aliphatic rings. The Bertz CT molecular complexity index is 1290. The van der Waals surface area contributed by atoms with Gasteiger partial charge in [0.05, 0.1) is 40.8 Å². The summed E-state index contributed by atoms with van der Waals surface area (Å²) in [4.78, 5) is 21.0. The van der Waals surface area contributed by atoms with Crippen LogP contribution < -0.4 is 9.46 Å². The van der Waals surface area contributed by atoms with E-state index in [-0.39, 0.29) is 42.3 Å². The number of ketones is 1. The zero-order chi connectivity index (χ0) is 23.5. The Labute approximate surface area is 181 Å². The number of carbonyl (C=O) groups is 1. The molecule has 0 saturated carbocycles. The number of nitrogens with zero attached hydrogens (tertiary/aromatic N) is 2. The van der Waals surface area contributed by atoms with Crippen LogP contribution in [-0.2, 0) is 10.0 Å². The molecule has 170 valence electrons. The topological polar surface area (TPSA) is 118 Å². The molecule has 0 atom stereocenters. The fourth-order valence-electron chi connectivity index (χ4n) is 2.86. The van der Waals surface area contributed by atoms with E-state index >= 15 is 0 Å². The van der Waals surface area contributed by atoms with Gasteiger partial charge in [-0.05, 0) is 24.6 Å². The summed E-state index contributed by atoms with van der Waals surface area (Å²) in [5.74, 6) is -6.44. The van der Waals surface area contributed by atoms with Crippen molar-refractivity contribution in [2.24, 2.45) is 0 Å². The van der Waals surface area contributed by atoms with E-state index in [0.29, 0.717) is 11.6 Å². The van der Waals surface area contributed by atoms with E-state index in [1.54, 1.807) is 6.92 Å². The molecule has 0 spiro atoms. The Morgan fingerprint density at radius 3 is 2.59 bits per heavy atom. The minimum absolute atomic E-state index is 0.0464. The third-order valence-corrected chi connectivity index (χ3v) is 5.72. The van der Waals surface area contributed by atoms with Gasteiger partial charge in [-0.15, -0.1) is 0 Å². The minimum Gasteiger partial charge on any atom is -0.474 e. The van der Waals surface area contributed by atoms with Crippen molar-refractivity contribution in [3.8, 4) is 5.88 Å². The molecule has 0 fully saturated rings. The van der Waals surface area contributed by atoms with Crippen LogP contribution in [0.4, 0.5) is 18.9 Å². The number of hydrogen-bond acceptors (Lipinski definition) is 7. The van der Waals surface area contributed by atoms with Crippen LogP contribution in [0.2, 0.25) is 0 Å². The smallest absolute Gasteiger partial charge is 0.232 e. The quantitative estimate of drug-likeness (QED) is 0.365. The molecule has 12 heteroatoms. The van der Waals surface area contributed by atoms with Gasteiger partial charge in [0.1, 0.15) is 6.61 Å². The van der Waals surface area contributed by atoms with Crippen molar-refractivity contribution in [3.63, 3.8) is 0 Å². The average molecular weight is 469 g/mol. The maximum atomic E-state index is 14.9. The van der Waals surface area contributed by atoms with Gasteiger partial charge in [0.25, 0.3) is 0 Å². The van der Waals surface area contributed by atoms with Crippen molar-refractivity contribution in [2.75, 3.05) is 23.7 Å². The molecule has 32 heavy (non-hydrogen) atoms. The number of aliphatic hydroxyl groups is 1. The molecule has 2 aromatic carbocycles. The Morgan fingerprint density at radius 2 is 1.91 bits per heavy atom. The second-order valence-corrected chi connectivity index (χ2v) is 8.48. The Morgan fingerprint density at radius 1 is 1.16 bits per heavy atom. The van der Waals surface area contributed by atoms with Crippen LogP contribution in [0.25, 0.3) is 11.0 Å². The first-order valence-electron chi connectivity index (χ1n) is 9.40. The molecular formula is C20H18F3N3O5S. The molecule has 8 nitrogen and oxygen atoms in total. The maximum Gasteiger partial charge on any atom is 0.232 e. The largest absolute Gasteiger partial charge is 0.474 e. The highest BCUT2D eigenvalue weighted by atomic mass is 32.2. The highest BCUT2D eigenvalue weighted by Crippen LogP contribution is 2.28. The van der Waals surface area contributed by atoms with E-state index in [9.17, 15) is 26.4 Å². The van der Waals surface area contributed by atoms with Crippen molar-refractivity contribution >= 4 is 32.5 Å². The third kappa shape index (κ3) is 4.97. The second kappa shape index (κ2) is 9.49. The minimum atomic E-state index is -4.03. The number of hydrogen-bond donors (Lipinski definition) is 2. The number of carbonyl (C=O) groups excluding carboxylic acids is 1. The summed E-state index contributed by atoms with van der Waals surface area (Å²) in [6, 6.07) is 4.11. The molecule has 3 aromatic rings. The van der Waals surface area contributed by atoms with Gasteiger partial charge in [-0.2, -0.15) is 0 Å². The zero-order valence-corrected chi connectivity index (χ0v) is 17.5. The highest BCUT2D eigenvalue weighted by molar-refractivity contribution is 7.92. The lowest BCUT2D eigenvalue weighted by Crippen LogP contribution is -2.19. The van der Waals surface area contributed by atoms with Crippen LogP contribution >= 0.6 is 0 Å². The average Bonchev–Trinajstić information content (AvgIpc) is 2.75. The number of sulfonamides is 1. The molecule has 0 radical (unpaired) electrons. The number of halogens is 3. The summed E-state index contributed by atoms with van der Waals surface area (Å²) in [6.45, 7) is 1.26. The number of rotatable bonds is 9. The predicted octanol–water partition coefficient (Wildman–Crippen LogP) is 2.80. The van der Waals surface area contributed by atoms with Gasteiger partial charge in [0.15, 0.2) is 23.2 Å². The first-order valence-corrected chi connectivity index (χ1v) is 11.0. The lowest BCUT2D eigenvalue weighted by atomic mass is 10.0. The van der Waals surface area contributed by atoms with Crippen molar-refractivity contribution in [1.29, 1.82) is 0 Å². The van der Waals surface area contributed by atoms with Gasteiger partial charge in [-0.3, -0.25) is 9.52 Å². The molecule has 3 rings (SSSR count). The maximum absolute atomic E-state index is 14.9. The molecular weight excluding hydrogens is 451 g/mol. The number of fused-ring (bicyclic) bond motifs is 1. The first kappa shape index (κ1) is 23.4. The van der Waals surface area contributed by atoms with Gasteiger partial charge in [-0.1, -0.05) is 6.92 Å². The van der Waals surface area contributed by atoms with Crippen molar-refractivity contribution in [3.05, 3.63) is 59.0 Å². The van der Waals surface area contributed by atoms with Crippen LogP contribution in [0.15, 0.2) is 30.5 Å². The predicted molar refractivity (Wildman–Crippen MR) is 110 cm³/mol. The van der Waals surface area contributed by atoms with Crippen molar-refractivity contribution in [2.45, 2.75) is 13.3 Å². The van der Waals surface area contributed by atoms with E-state index < -0.39 is 44.5 Å². The van der Waals surface area contributed by atoms with Crippen molar-refractivity contribution in [1.82, 2.24) is 9.97 Å². The van der Waals surface area contributed by atoms with E-state index in [1.807, 2.05) is 4.72 Å². The summed E-state index contributed by atoms with van der Waals surface area (Å²) < 4.78 is 74.2. The summed E-state index contributed by atoms with van der Waals surface area (Å²) >= 11 is 0. The Balaban J connectivity index is 2.05. The van der Waals surface area contributed by atoms with Crippen LogP contribution in [0.1, 0.15) is 29.3 Å². The van der Waals surface area contributed by atoms with Crippen molar-refractivity contribution < 1.29 is 36.2 Å². The number of aliphatic hydroxyl groups excluding tert-OH is 1. The Hall–Kier alpha value is -3.25. The highest BCUT2D eigenvalue weighted by Gasteiger charge is 2.27. The lowest BCUT2D eigenvalue weighted by Gasteiger charge is -2.12. The molecule has 0 aliphatic carbocycles. The molecule has 0 unspecified atom stereocenters. The number of anilines is 1. The fourth-order valence-corrected chi connectivity index (χ4v) is 3.99. The summed E-state index contributed by atoms with van der Waals surface area (Å²) in [5.41, 5.74) is -1.88. The summed E-state index contributed by atoms with van der Waals surface area (Å²) in [7, 11) is -4.03. The standard InChI is InChI=1S/C20H18F3N3O5S/c1-2-7-32(29,30)26-15-9-12(21)18(22)17(19(15)23)20(28)11-3-4-13-14(8-11)25-16(10-24-13)31-6-5-27/h3-4,8-10,26-27H,2,5-7H2,1H3. The number of ether oxygens (including phenoxy) is 1. The zero-order valence-electron chi connectivity index (χ0n) is 16.7. The molecule has 1 aromatic heterocycles. The normalized spacial score (nSPS) is 11.5. The number of benzene rings is 2. The van der Waals surface area contributed by atoms with E-state index in [1.165, 1.54) is 24.4 Å². The van der Waals surface area contributed by atoms with Gasteiger partial charge in [0, 0.05) is 11.6 Å². The van der Waals surface area contributed by atoms with E-state index in [0.717, 1.165) is 0 Å². The molecule has 0 bridgehead atoms. The van der Waals surface area contributed by atoms with Crippen LogP contribution in [0.3, 0.4) is 0 Å². The first-order chi connectivity index (χ1) is 15.2. The summed E-state index contributed by atoms with van der Waals surface area (Å²) in [6.07, 6.45) is 1.49. The van der Waals surface area contributed by atoms with Gasteiger partial charge >= 0.3 is 0 Å². The fraction of sp³-hybridized carbons (Fsp3) is 0.250. The number of nitrogens with one attached hydrogen (secondary N) is 1. The molecule has 1 heterocycles. The van der Waals surface area contributed by atoms with Crippen LogP contribution in [0, 0.1) is 17.5 Å². The van der Waals surface area contributed by atoms with E-state index in [4.69, 9.17) is 9.84 Å². The Kier molecular flexibility index (Phi) is 6.94. The molecule has 2 N–H and O–H groups in total. The molecule has 0 amide bonds. The van der Waals surface area contributed by atoms with Gasteiger partial charge in [-0.25, -0.2) is 31.6 Å².